The van der Waals surface area contributed by atoms with Gasteiger partial charge in [0.2, 0.25) is 0 Å². The summed E-state index contributed by atoms with van der Waals surface area (Å²) < 4.78 is 13.7. The quantitative estimate of drug-likeness (QED) is 0.785. The van der Waals surface area contributed by atoms with Crippen molar-refractivity contribution in [3.8, 4) is 0 Å². The van der Waals surface area contributed by atoms with Crippen LogP contribution >= 0.6 is 15.9 Å². The third-order valence-corrected chi connectivity index (χ3v) is 3.25. The number of carbonyl (C=O) groups excluding carboxylic acids is 1. The molecule has 2 rings (SSSR count). The van der Waals surface area contributed by atoms with Crippen LogP contribution in [-0.4, -0.2) is 24.0 Å². The van der Waals surface area contributed by atoms with E-state index in [4.69, 9.17) is 0 Å². The number of anilines is 1. The number of amides is 1. The van der Waals surface area contributed by atoms with Crippen molar-refractivity contribution in [2.45, 2.75) is 6.42 Å². The van der Waals surface area contributed by atoms with E-state index in [0.29, 0.717) is 18.7 Å². The fourth-order valence-electron chi connectivity index (χ4n) is 1.69. The highest BCUT2D eigenvalue weighted by Crippen LogP contribution is 2.10. The number of rotatable bonds is 6. The lowest BCUT2D eigenvalue weighted by Gasteiger charge is -2.07. The molecule has 1 aromatic carbocycles. The molecule has 0 aliphatic heterocycles. The lowest BCUT2D eigenvalue weighted by Crippen LogP contribution is -2.25. The normalized spacial score (nSPS) is 10.2. The van der Waals surface area contributed by atoms with Gasteiger partial charge in [-0.25, -0.2) is 9.37 Å². The molecule has 1 aromatic heterocycles. The van der Waals surface area contributed by atoms with Gasteiger partial charge in [0.1, 0.15) is 11.6 Å². The molecule has 0 unspecified atom stereocenters. The van der Waals surface area contributed by atoms with Crippen molar-refractivity contribution in [1.29, 1.82) is 0 Å². The topological polar surface area (TPSA) is 54.0 Å². The summed E-state index contributed by atoms with van der Waals surface area (Å²) in [5.74, 6) is 0.248. The maximum absolute atomic E-state index is 12.7. The highest BCUT2D eigenvalue weighted by Gasteiger charge is 2.04. The monoisotopic (exact) mass is 351 g/mol. The summed E-state index contributed by atoms with van der Waals surface area (Å²) in [5.41, 5.74) is 0.457. The van der Waals surface area contributed by atoms with Crippen molar-refractivity contribution in [2.24, 2.45) is 0 Å². The highest BCUT2D eigenvalue weighted by molar-refractivity contribution is 9.10. The summed E-state index contributed by atoms with van der Waals surface area (Å²) in [4.78, 5) is 15.9. The van der Waals surface area contributed by atoms with Crippen LogP contribution < -0.4 is 10.6 Å². The minimum atomic E-state index is -0.349. The molecule has 2 aromatic rings. The maximum atomic E-state index is 12.7. The van der Waals surface area contributed by atoms with Gasteiger partial charge in [0.05, 0.1) is 0 Å². The molecule has 6 heteroatoms. The zero-order valence-electron chi connectivity index (χ0n) is 11.3. The second-order valence-electron chi connectivity index (χ2n) is 4.40. The van der Waals surface area contributed by atoms with Crippen molar-refractivity contribution >= 4 is 27.7 Å². The standard InChI is InChI=1S/C15H15BrFN3O/c16-12-4-7-14(20-10-12)18-8-1-9-19-15(21)11-2-5-13(17)6-3-11/h2-7,10H,1,8-9H2,(H,18,20)(H,19,21). The number of pyridine rings is 1. The predicted octanol–water partition coefficient (Wildman–Crippen LogP) is 3.22. The van der Waals surface area contributed by atoms with E-state index in [-0.39, 0.29) is 11.7 Å². The van der Waals surface area contributed by atoms with Crippen LogP contribution in [0, 0.1) is 5.82 Å². The van der Waals surface area contributed by atoms with Crippen LogP contribution in [0.1, 0.15) is 16.8 Å². The Morgan fingerprint density at radius 3 is 2.57 bits per heavy atom. The average molecular weight is 352 g/mol. The first-order chi connectivity index (χ1) is 10.1. The van der Waals surface area contributed by atoms with E-state index in [1.54, 1.807) is 6.20 Å². The van der Waals surface area contributed by atoms with Gasteiger partial charge in [-0.3, -0.25) is 4.79 Å². The zero-order valence-corrected chi connectivity index (χ0v) is 12.9. The summed E-state index contributed by atoms with van der Waals surface area (Å²) in [5, 5.41) is 5.94. The van der Waals surface area contributed by atoms with Gasteiger partial charge >= 0.3 is 0 Å². The van der Waals surface area contributed by atoms with E-state index in [0.717, 1.165) is 16.7 Å². The van der Waals surface area contributed by atoms with Crippen molar-refractivity contribution < 1.29 is 9.18 Å². The molecule has 110 valence electrons. The molecule has 0 bridgehead atoms. The smallest absolute Gasteiger partial charge is 0.251 e. The number of benzene rings is 1. The Balaban J connectivity index is 1.66. The molecule has 21 heavy (non-hydrogen) atoms. The van der Waals surface area contributed by atoms with Crippen molar-refractivity contribution in [1.82, 2.24) is 10.3 Å². The van der Waals surface area contributed by atoms with Crippen LogP contribution in [0.4, 0.5) is 10.2 Å². The molecule has 4 nitrogen and oxygen atoms in total. The van der Waals surface area contributed by atoms with E-state index in [1.165, 1.54) is 24.3 Å². The van der Waals surface area contributed by atoms with E-state index in [1.807, 2.05) is 12.1 Å². The molecule has 2 N–H and O–H groups in total. The van der Waals surface area contributed by atoms with Crippen LogP contribution in [0.5, 0.6) is 0 Å². The number of halogens is 2. The first-order valence-electron chi connectivity index (χ1n) is 6.54. The summed E-state index contributed by atoms with van der Waals surface area (Å²) in [7, 11) is 0. The van der Waals surface area contributed by atoms with Gasteiger partial charge in [-0.05, 0) is 58.7 Å². The fourth-order valence-corrected chi connectivity index (χ4v) is 1.93. The van der Waals surface area contributed by atoms with E-state index < -0.39 is 0 Å². The van der Waals surface area contributed by atoms with Crippen LogP contribution in [0.2, 0.25) is 0 Å². The number of aromatic nitrogens is 1. The van der Waals surface area contributed by atoms with Crippen molar-refractivity contribution in [3.63, 3.8) is 0 Å². The molecule has 0 aliphatic carbocycles. The number of nitrogens with one attached hydrogen (secondary N) is 2. The Labute approximate surface area is 130 Å². The third-order valence-electron chi connectivity index (χ3n) is 2.78. The summed E-state index contributed by atoms with van der Waals surface area (Å²) >= 11 is 3.32. The van der Waals surface area contributed by atoms with Crippen LogP contribution in [0.25, 0.3) is 0 Å². The van der Waals surface area contributed by atoms with E-state index >= 15 is 0 Å². The molecule has 0 atom stereocenters. The minimum Gasteiger partial charge on any atom is -0.370 e. The Morgan fingerprint density at radius 1 is 1.14 bits per heavy atom. The first kappa shape index (κ1) is 15.4. The van der Waals surface area contributed by atoms with Gasteiger partial charge in [0.15, 0.2) is 0 Å². The lowest BCUT2D eigenvalue weighted by atomic mass is 10.2. The lowest BCUT2D eigenvalue weighted by molar-refractivity contribution is 0.0953. The molecule has 1 amide bonds. The number of nitrogens with zero attached hydrogens (tertiary/aromatic N) is 1. The van der Waals surface area contributed by atoms with Gasteiger partial charge < -0.3 is 10.6 Å². The SMILES string of the molecule is O=C(NCCCNc1ccc(Br)cn1)c1ccc(F)cc1. The summed E-state index contributed by atoms with van der Waals surface area (Å²) in [6, 6.07) is 9.27. The number of hydrogen-bond donors (Lipinski definition) is 2. The third kappa shape index (κ3) is 5.15. The molecule has 1 heterocycles. The largest absolute Gasteiger partial charge is 0.370 e. The van der Waals surface area contributed by atoms with Crippen molar-refractivity contribution in [2.75, 3.05) is 18.4 Å². The molecule has 0 saturated carbocycles. The minimum absolute atomic E-state index is 0.197. The van der Waals surface area contributed by atoms with Crippen molar-refractivity contribution in [3.05, 3.63) is 58.4 Å². The molecular weight excluding hydrogens is 337 g/mol. The molecular formula is C15H15BrFN3O. The Hall–Kier alpha value is -1.95. The van der Waals surface area contributed by atoms with Gasteiger partial charge in [0, 0.05) is 29.3 Å². The maximum Gasteiger partial charge on any atom is 0.251 e. The molecule has 0 radical (unpaired) electrons. The molecule has 0 spiro atoms. The Kier molecular flexibility index (Phi) is 5.68. The Bertz CT molecular complexity index is 587. The average Bonchev–Trinajstić information content (AvgIpc) is 2.49. The highest BCUT2D eigenvalue weighted by atomic mass is 79.9. The Morgan fingerprint density at radius 2 is 1.90 bits per heavy atom. The van der Waals surface area contributed by atoms with Crippen LogP contribution in [0.15, 0.2) is 47.1 Å². The zero-order chi connectivity index (χ0) is 15.1. The van der Waals surface area contributed by atoms with Gasteiger partial charge in [-0.1, -0.05) is 0 Å². The van der Waals surface area contributed by atoms with Gasteiger partial charge in [-0.15, -0.1) is 0 Å². The van der Waals surface area contributed by atoms with Gasteiger partial charge in [0.25, 0.3) is 5.91 Å². The summed E-state index contributed by atoms with van der Waals surface area (Å²) in [6.45, 7) is 1.25. The second-order valence-corrected chi connectivity index (χ2v) is 5.32. The summed E-state index contributed by atoms with van der Waals surface area (Å²) in [6.07, 6.45) is 2.49. The van der Waals surface area contributed by atoms with Gasteiger partial charge in [-0.2, -0.15) is 0 Å². The number of hydrogen-bond acceptors (Lipinski definition) is 3. The predicted molar refractivity (Wildman–Crippen MR) is 83.8 cm³/mol. The van der Waals surface area contributed by atoms with E-state index in [9.17, 15) is 9.18 Å². The second kappa shape index (κ2) is 7.73. The van der Waals surface area contributed by atoms with E-state index in [2.05, 4.69) is 31.5 Å². The molecule has 0 fully saturated rings. The van der Waals surface area contributed by atoms with Crippen LogP contribution in [-0.2, 0) is 0 Å². The van der Waals surface area contributed by atoms with Crippen LogP contribution in [0.3, 0.4) is 0 Å². The number of carbonyl (C=O) groups is 1. The first-order valence-corrected chi connectivity index (χ1v) is 7.33. The fraction of sp³-hybridized carbons (Fsp3) is 0.200. The molecule has 0 aliphatic rings. The molecule has 0 saturated heterocycles.